The zero-order valence-corrected chi connectivity index (χ0v) is 12.6. The summed E-state index contributed by atoms with van der Waals surface area (Å²) in [5.41, 5.74) is 8.45. The summed E-state index contributed by atoms with van der Waals surface area (Å²) >= 11 is 0. The van der Waals surface area contributed by atoms with E-state index in [2.05, 4.69) is 34.9 Å². The van der Waals surface area contributed by atoms with Crippen molar-refractivity contribution in [1.29, 1.82) is 0 Å². The van der Waals surface area contributed by atoms with Crippen LogP contribution in [-0.4, -0.2) is 39.7 Å². The van der Waals surface area contributed by atoms with Gasteiger partial charge in [0.15, 0.2) is 0 Å². The topological polar surface area (TPSA) is 64.2 Å². The van der Waals surface area contributed by atoms with Crippen LogP contribution >= 0.6 is 0 Å². The molecule has 1 aromatic heterocycles. The molecule has 1 aromatic rings. The summed E-state index contributed by atoms with van der Waals surface area (Å²) in [6, 6.07) is 2.43. The van der Waals surface area contributed by atoms with E-state index in [1.807, 2.05) is 11.8 Å². The summed E-state index contributed by atoms with van der Waals surface area (Å²) in [7, 11) is 0. The number of aromatic nitrogens is 2. The van der Waals surface area contributed by atoms with Crippen LogP contribution in [0.4, 0.5) is 0 Å². The minimum Gasteiger partial charge on any atom is -0.338 e. The molecule has 2 bridgehead atoms. The number of nitrogens with two attached hydrogens (primary N) is 1. The van der Waals surface area contributed by atoms with Crippen LogP contribution in [0.3, 0.4) is 0 Å². The predicted molar refractivity (Wildman–Crippen MR) is 79.5 cm³/mol. The first kappa shape index (κ1) is 13.1. The highest BCUT2D eigenvalue weighted by Crippen LogP contribution is 2.44. The first-order chi connectivity index (χ1) is 10.0. The molecule has 2 heterocycles. The van der Waals surface area contributed by atoms with Crippen molar-refractivity contribution < 1.29 is 4.79 Å². The highest BCUT2D eigenvalue weighted by atomic mass is 16.2. The second kappa shape index (κ2) is 4.44. The molecule has 0 aromatic carbocycles. The third-order valence-electron chi connectivity index (χ3n) is 5.37. The Balaban J connectivity index is 1.43. The Morgan fingerprint density at radius 1 is 1.29 bits per heavy atom. The number of fused-ring (bicyclic) bond motifs is 2. The van der Waals surface area contributed by atoms with Crippen molar-refractivity contribution >= 4 is 5.91 Å². The lowest BCUT2D eigenvalue weighted by Crippen LogP contribution is -2.56. The smallest absolute Gasteiger partial charge is 0.228 e. The van der Waals surface area contributed by atoms with Gasteiger partial charge in [0.05, 0.1) is 17.7 Å². The number of carbonyl (C=O) groups is 1. The summed E-state index contributed by atoms with van der Waals surface area (Å²) in [6.07, 6.45) is 5.44. The van der Waals surface area contributed by atoms with Gasteiger partial charge in [0.2, 0.25) is 5.91 Å². The first-order valence-electron chi connectivity index (χ1n) is 7.80. The lowest BCUT2D eigenvalue weighted by molar-refractivity contribution is -0.143. The van der Waals surface area contributed by atoms with Gasteiger partial charge in [-0.2, -0.15) is 5.10 Å². The number of nitrogens with zero attached hydrogens (tertiary/aromatic N) is 3. The molecule has 112 valence electrons. The molecule has 21 heavy (non-hydrogen) atoms. The van der Waals surface area contributed by atoms with Crippen LogP contribution in [0.2, 0.25) is 0 Å². The number of hydrogen-bond acceptors (Lipinski definition) is 3. The lowest BCUT2D eigenvalue weighted by atomic mass is 9.87. The van der Waals surface area contributed by atoms with E-state index in [-0.39, 0.29) is 17.9 Å². The molecule has 4 rings (SSSR count). The Bertz CT molecular complexity index is 614. The van der Waals surface area contributed by atoms with Crippen LogP contribution in [0.25, 0.3) is 0 Å². The second-order valence-corrected chi connectivity index (χ2v) is 6.82. The fourth-order valence-electron chi connectivity index (χ4n) is 4.22. The molecule has 2 aliphatic carbocycles. The van der Waals surface area contributed by atoms with Gasteiger partial charge in [0.25, 0.3) is 0 Å². The summed E-state index contributed by atoms with van der Waals surface area (Å²) in [6.45, 7) is 5.61. The van der Waals surface area contributed by atoms with E-state index in [9.17, 15) is 4.79 Å². The summed E-state index contributed by atoms with van der Waals surface area (Å²) in [5.74, 6) is 1.03. The van der Waals surface area contributed by atoms with Crippen LogP contribution in [0.15, 0.2) is 18.2 Å². The zero-order chi connectivity index (χ0) is 14.7. The summed E-state index contributed by atoms with van der Waals surface area (Å²) in [5, 5.41) is 4.52. The molecule has 5 nitrogen and oxygen atoms in total. The van der Waals surface area contributed by atoms with Gasteiger partial charge in [-0.1, -0.05) is 12.2 Å². The molecule has 1 saturated carbocycles. The molecule has 0 radical (unpaired) electrons. The molecule has 5 heteroatoms. The zero-order valence-electron chi connectivity index (χ0n) is 12.6. The van der Waals surface area contributed by atoms with Gasteiger partial charge in [-0.3, -0.25) is 9.48 Å². The van der Waals surface area contributed by atoms with Crippen LogP contribution in [0.1, 0.15) is 23.9 Å². The SMILES string of the molecule is Cc1cc(C)n(C2CN(C(=O)[C@@H]3[C@H](N)[C@@H]4C=C[C@H]3C4)C2)n1. The third-order valence-corrected chi connectivity index (χ3v) is 5.37. The van der Waals surface area contributed by atoms with E-state index in [1.165, 1.54) is 5.69 Å². The van der Waals surface area contributed by atoms with Crippen molar-refractivity contribution in [2.45, 2.75) is 32.4 Å². The number of allylic oxidation sites excluding steroid dienone is 1. The van der Waals surface area contributed by atoms with Crippen molar-refractivity contribution in [2.24, 2.45) is 23.5 Å². The molecule has 0 unspecified atom stereocenters. The van der Waals surface area contributed by atoms with Gasteiger partial charge in [-0.25, -0.2) is 0 Å². The monoisotopic (exact) mass is 286 g/mol. The molecule has 2 N–H and O–H groups in total. The number of aryl methyl sites for hydroxylation is 2. The Morgan fingerprint density at radius 3 is 2.57 bits per heavy atom. The molecule has 4 atom stereocenters. The fraction of sp³-hybridized carbons (Fsp3) is 0.625. The maximum Gasteiger partial charge on any atom is 0.228 e. The van der Waals surface area contributed by atoms with E-state index < -0.39 is 0 Å². The van der Waals surface area contributed by atoms with Gasteiger partial charge in [-0.15, -0.1) is 0 Å². The Labute approximate surface area is 124 Å². The maximum absolute atomic E-state index is 12.7. The Hall–Kier alpha value is -1.62. The van der Waals surface area contributed by atoms with Crippen LogP contribution in [-0.2, 0) is 4.79 Å². The van der Waals surface area contributed by atoms with E-state index in [4.69, 9.17) is 5.73 Å². The van der Waals surface area contributed by atoms with Gasteiger partial charge >= 0.3 is 0 Å². The fourth-order valence-corrected chi connectivity index (χ4v) is 4.22. The van der Waals surface area contributed by atoms with Gasteiger partial charge in [0, 0.05) is 24.8 Å². The first-order valence-corrected chi connectivity index (χ1v) is 7.80. The van der Waals surface area contributed by atoms with E-state index in [0.717, 1.165) is 25.2 Å². The second-order valence-electron chi connectivity index (χ2n) is 6.82. The Kier molecular flexibility index (Phi) is 2.76. The van der Waals surface area contributed by atoms with Gasteiger partial charge in [0.1, 0.15) is 0 Å². The molecule has 3 aliphatic rings. The summed E-state index contributed by atoms with van der Waals surface area (Å²) in [4.78, 5) is 14.6. The molecular weight excluding hydrogens is 264 g/mol. The lowest BCUT2D eigenvalue weighted by Gasteiger charge is -2.42. The van der Waals surface area contributed by atoms with Gasteiger partial charge in [-0.05, 0) is 38.2 Å². The van der Waals surface area contributed by atoms with Crippen LogP contribution in [0.5, 0.6) is 0 Å². The average Bonchev–Trinajstić information content (AvgIpc) is 3.03. The standard InChI is InChI=1S/C16H22N4O/c1-9-5-10(2)20(18-9)13-7-19(8-13)16(21)14-11-3-4-12(6-11)15(14)17/h3-5,11-15H,6-8,17H2,1-2H3/t11-,12+,14-,15+/m0/s1. The van der Waals surface area contributed by atoms with Crippen molar-refractivity contribution in [3.8, 4) is 0 Å². The molecule has 1 saturated heterocycles. The predicted octanol–water partition coefficient (Wildman–Crippen LogP) is 1.03. The number of rotatable bonds is 2. The maximum atomic E-state index is 12.7. The van der Waals surface area contributed by atoms with E-state index >= 15 is 0 Å². The molecule has 1 aliphatic heterocycles. The van der Waals surface area contributed by atoms with E-state index in [1.54, 1.807) is 0 Å². The largest absolute Gasteiger partial charge is 0.338 e. The quantitative estimate of drug-likeness (QED) is 0.826. The number of hydrogen-bond donors (Lipinski definition) is 1. The van der Waals surface area contributed by atoms with Crippen molar-refractivity contribution in [3.05, 3.63) is 29.6 Å². The van der Waals surface area contributed by atoms with Gasteiger partial charge < -0.3 is 10.6 Å². The van der Waals surface area contributed by atoms with Crippen LogP contribution < -0.4 is 5.73 Å². The molecular formula is C16H22N4O. The average molecular weight is 286 g/mol. The molecule has 0 spiro atoms. The number of likely N-dealkylation sites (tertiary alicyclic amines) is 1. The normalized spacial score (nSPS) is 34.5. The number of amides is 1. The highest BCUT2D eigenvalue weighted by Gasteiger charge is 2.49. The van der Waals surface area contributed by atoms with Crippen molar-refractivity contribution in [2.75, 3.05) is 13.1 Å². The van der Waals surface area contributed by atoms with Crippen molar-refractivity contribution in [3.63, 3.8) is 0 Å². The van der Waals surface area contributed by atoms with Crippen LogP contribution in [0, 0.1) is 31.6 Å². The molecule has 2 fully saturated rings. The van der Waals surface area contributed by atoms with E-state index in [0.29, 0.717) is 17.9 Å². The molecule has 1 amide bonds. The minimum atomic E-state index is 0.00130. The highest BCUT2D eigenvalue weighted by molar-refractivity contribution is 5.82. The Morgan fingerprint density at radius 2 is 2.00 bits per heavy atom. The summed E-state index contributed by atoms with van der Waals surface area (Å²) < 4.78 is 2.06. The number of carbonyl (C=O) groups excluding carboxylic acids is 1. The third kappa shape index (κ3) is 1.87. The van der Waals surface area contributed by atoms with Crippen molar-refractivity contribution in [1.82, 2.24) is 14.7 Å². The minimum absolute atomic E-state index is 0.00130.